The molecule has 0 aliphatic heterocycles. The van der Waals surface area contributed by atoms with Gasteiger partial charge in [-0.15, -0.1) is 0 Å². The number of rotatable bonds is 3. The van der Waals surface area contributed by atoms with Crippen LogP contribution in [0.15, 0.2) is 30.3 Å². The van der Waals surface area contributed by atoms with Gasteiger partial charge in [0.15, 0.2) is 0 Å². The van der Waals surface area contributed by atoms with E-state index in [9.17, 15) is 4.79 Å². The highest BCUT2D eigenvalue weighted by molar-refractivity contribution is 9.09. The zero-order chi connectivity index (χ0) is 9.26. The zero-order valence-corrected chi connectivity index (χ0v) is 8.78. The number of hydrogen-bond acceptors (Lipinski definition) is 1. The quantitative estimate of drug-likeness (QED) is 0.585. The topological polar surface area (TPSA) is 17.1 Å². The molecule has 0 N–H and O–H groups in total. The number of alkyl halides is 1. The van der Waals surface area contributed by atoms with Gasteiger partial charge in [0.25, 0.3) is 0 Å². The van der Waals surface area contributed by atoms with E-state index in [0.29, 0.717) is 23.1 Å². The van der Waals surface area contributed by atoms with Crippen molar-refractivity contribution in [3.05, 3.63) is 35.9 Å². The number of carbonyl (C=O) groups is 1. The molecule has 3 atom stereocenters. The maximum atomic E-state index is 10.4. The molecule has 0 spiro atoms. The maximum Gasteiger partial charge on any atom is 0.120 e. The van der Waals surface area contributed by atoms with E-state index in [2.05, 4.69) is 28.1 Å². The van der Waals surface area contributed by atoms with Crippen molar-refractivity contribution in [2.24, 2.45) is 5.92 Å². The lowest BCUT2D eigenvalue weighted by atomic mass is 10.1. The van der Waals surface area contributed by atoms with Crippen LogP contribution in [0.5, 0.6) is 0 Å². The molecule has 0 radical (unpaired) electrons. The lowest BCUT2D eigenvalue weighted by molar-refractivity contribution is -0.108. The molecule has 1 aromatic rings. The minimum Gasteiger partial charge on any atom is -0.303 e. The van der Waals surface area contributed by atoms with E-state index in [1.807, 2.05) is 18.2 Å². The highest BCUT2D eigenvalue weighted by Gasteiger charge is 2.48. The minimum absolute atomic E-state index is 0.500. The predicted octanol–water partition coefficient (Wildman–Crippen LogP) is 2.75. The van der Waals surface area contributed by atoms with Gasteiger partial charge in [0.05, 0.1) is 0 Å². The molecule has 1 saturated carbocycles. The second-order valence-electron chi connectivity index (χ2n) is 3.45. The van der Waals surface area contributed by atoms with Crippen LogP contribution in [0.4, 0.5) is 0 Å². The Kier molecular flexibility index (Phi) is 2.49. The monoisotopic (exact) mass is 238 g/mol. The van der Waals surface area contributed by atoms with Crippen molar-refractivity contribution >= 4 is 22.2 Å². The Bertz CT molecular complexity index is 296. The van der Waals surface area contributed by atoms with Gasteiger partial charge in [0.2, 0.25) is 0 Å². The number of benzene rings is 1. The first-order valence-corrected chi connectivity index (χ1v) is 5.39. The third kappa shape index (κ3) is 1.68. The van der Waals surface area contributed by atoms with Crippen LogP contribution in [0.3, 0.4) is 0 Å². The number of aldehydes is 1. The van der Waals surface area contributed by atoms with Gasteiger partial charge in [-0.25, -0.2) is 0 Å². The summed E-state index contributed by atoms with van der Waals surface area (Å²) in [6.07, 6.45) is 1.69. The summed E-state index contributed by atoms with van der Waals surface area (Å²) >= 11 is 3.59. The van der Waals surface area contributed by atoms with Crippen LogP contribution in [0, 0.1) is 5.92 Å². The van der Waals surface area contributed by atoms with Gasteiger partial charge in [-0.1, -0.05) is 46.3 Å². The van der Waals surface area contributed by atoms with E-state index in [4.69, 9.17) is 0 Å². The highest BCUT2D eigenvalue weighted by atomic mass is 79.9. The molecular weight excluding hydrogens is 228 g/mol. The van der Waals surface area contributed by atoms with Crippen LogP contribution in [0.1, 0.15) is 17.9 Å². The second-order valence-corrected chi connectivity index (χ2v) is 4.50. The van der Waals surface area contributed by atoms with E-state index >= 15 is 0 Å². The molecule has 0 saturated heterocycles. The van der Waals surface area contributed by atoms with Crippen molar-refractivity contribution < 1.29 is 4.79 Å². The summed E-state index contributed by atoms with van der Waals surface area (Å²) in [5.41, 5.74) is 1.34. The molecule has 0 bridgehead atoms. The SMILES string of the molecule is O=CC[C@@H]1[C@@H](Br)[C@@H]1c1ccccc1. The lowest BCUT2D eigenvalue weighted by Gasteiger charge is -1.96. The molecule has 1 aliphatic carbocycles. The summed E-state index contributed by atoms with van der Waals surface area (Å²) in [5.74, 6) is 1.06. The number of carbonyl (C=O) groups excluding carboxylic acids is 1. The molecule has 68 valence electrons. The van der Waals surface area contributed by atoms with Gasteiger partial charge in [-0.05, 0) is 11.5 Å². The molecule has 2 heteroatoms. The fourth-order valence-electron chi connectivity index (χ4n) is 1.83. The van der Waals surface area contributed by atoms with Gasteiger partial charge in [0, 0.05) is 17.2 Å². The first kappa shape index (κ1) is 8.95. The van der Waals surface area contributed by atoms with Gasteiger partial charge in [-0.3, -0.25) is 0 Å². The van der Waals surface area contributed by atoms with Crippen LogP contribution in [0.25, 0.3) is 0 Å². The van der Waals surface area contributed by atoms with Crippen molar-refractivity contribution in [1.29, 1.82) is 0 Å². The summed E-state index contributed by atoms with van der Waals surface area (Å²) < 4.78 is 0. The Morgan fingerprint density at radius 3 is 2.62 bits per heavy atom. The van der Waals surface area contributed by atoms with Gasteiger partial charge >= 0.3 is 0 Å². The Balaban J connectivity index is 2.09. The third-order valence-electron chi connectivity index (χ3n) is 2.63. The van der Waals surface area contributed by atoms with Gasteiger partial charge in [0.1, 0.15) is 6.29 Å². The molecule has 0 unspecified atom stereocenters. The molecule has 1 fully saturated rings. The van der Waals surface area contributed by atoms with Crippen molar-refractivity contribution in [3.8, 4) is 0 Å². The van der Waals surface area contributed by atoms with E-state index in [-0.39, 0.29) is 0 Å². The first-order chi connectivity index (χ1) is 6.34. The Hall–Kier alpha value is -0.630. The summed E-state index contributed by atoms with van der Waals surface area (Å²) in [6.45, 7) is 0. The summed E-state index contributed by atoms with van der Waals surface area (Å²) in [5, 5.41) is 0. The molecule has 0 heterocycles. The van der Waals surface area contributed by atoms with Crippen molar-refractivity contribution in [3.63, 3.8) is 0 Å². The van der Waals surface area contributed by atoms with E-state index in [0.717, 1.165) is 6.29 Å². The Morgan fingerprint density at radius 2 is 2.00 bits per heavy atom. The van der Waals surface area contributed by atoms with Crippen molar-refractivity contribution in [1.82, 2.24) is 0 Å². The molecule has 13 heavy (non-hydrogen) atoms. The Morgan fingerprint density at radius 1 is 1.31 bits per heavy atom. The predicted molar refractivity (Wildman–Crippen MR) is 56.1 cm³/mol. The Labute approximate surface area is 86.3 Å². The van der Waals surface area contributed by atoms with Crippen LogP contribution in [-0.4, -0.2) is 11.1 Å². The largest absolute Gasteiger partial charge is 0.303 e. The minimum atomic E-state index is 0.500. The smallest absolute Gasteiger partial charge is 0.120 e. The van der Waals surface area contributed by atoms with Crippen molar-refractivity contribution in [2.45, 2.75) is 17.2 Å². The fourth-order valence-corrected chi connectivity index (χ4v) is 2.89. The second kappa shape index (κ2) is 3.62. The van der Waals surface area contributed by atoms with E-state index in [1.165, 1.54) is 5.56 Å². The van der Waals surface area contributed by atoms with Crippen molar-refractivity contribution in [2.75, 3.05) is 0 Å². The fraction of sp³-hybridized carbons (Fsp3) is 0.364. The van der Waals surface area contributed by atoms with Crippen LogP contribution in [-0.2, 0) is 4.79 Å². The molecule has 1 nitrogen and oxygen atoms in total. The average molecular weight is 239 g/mol. The number of halogens is 1. The van der Waals surface area contributed by atoms with E-state index in [1.54, 1.807) is 0 Å². The molecule has 1 aromatic carbocycles. The summed E-state index contributed by atoms with van der Waals surface area (Å²) in [6, 6.07) is 10.4. The molecule has 0 aromatic heterocycles. The van der Waals surface area contributed by atoms with Crippen LogP contribution < -0.4 is 0 Å². The van der Waals surface area contributed by atoms with E-state index < -0.39 is 0 Å². The summed E-state index contributed by atoms with van der Waals surface area (Å²) in [4.78, 5) is 10.9. The first-order valence-electron chi connectivity index (χ1n) is 4.47. The molecule has 1 aliphatic rings. The molecular formula is C11H11BrO. The van der Waals surface area contributed by atoms with Gasteiger partial charge < -0.3 is 4.79 Å². The summed E-state index contributed by atoms with van der Waals surface area (Å²) in [7, 11) is 0. The highest BCUT2D eigenvalue weighted by Crippen LogP contribution is 2.54. The average Bonchev–Trinajstić information content (AvgIpc) is 2.79. The third-order valence-corrected chi connectivity index (χ3v) is 3.87. The maximum absolute atomic E-state index is 10.4. The van der Waals surface area contributed by atoms with Gasteiger partial charge in [-0.2, -0.15) is 0 Å². The zero-order valence-electron chi connectivity index (χ0n) is 7.19. The normalized spacial score (nSPS) is 31.3. The number of hydrogen-bond donors (Lipinski definition) is 0. The lowest BCUT2D eigenvalue weighted by Crippen LogP contribution is -1.83. The van der Waals surface area contributed by atoms with Crippen LogP contribution in [0.2, 0.25) is 0 Å². The molecule has 0 amide bonds. The van der Waals surface area contributed by atoms with Crippen LogP contribution >= 0.6 is 15.9 Å². The standard InChI is InChI=1S/C11H11BrO/c12-11-9(6-7-13)10(11)8-4-2-1-3-5-8/h1-5,7,9-11H,6H2/t9-,10+,11+/m0/s1. The molecule has 2 rings (SSSR count).